The van der Waals surface area contributed by atoms with Crippen molar-refractivity contribution in [2.45, 2.75) is 19.6 Å². The van der Waals surface area contributed by atoms with Crippen molar-refractivity contribution in [3.8, 4) is 0 Å². The summed E-state index contributed by atoms with van der Waals surface area (Å²) in [5, 5.41) is 15.8. The van der Waals surface area contributed by atoms with Crippen LogP contribution in [-0.2, 0) is 16.1 Å². The maximum Gasteiger partial charge on any atom is 0.338 e. The number of ether oxygens (including phenoxy) is 1. The molecular formula is C21H17N5O3. The van der Waals surface area contributed by atoms with Gasteiger partial charge in [-0.3, -0.25) is 0 Å². The average molecular weight is 387 g/mol. The fourth-order valence-corrected chi connectivity index (χ4v) is 3.48. The first-order valence-electron chi connectivity index (χ1n) is 9.16. The van der Waals surface area contributed by atoms with Crippen molar-refractivity contribution in [1.29, 1.82) is 0 Å². The highest BCUT2D eigenvalue weighted by Crippen LogP contribution is 2.37. The lowest BCUT2D eigenvalue weighted by Crippen LogP contribution is -2.29. The number of allylic oxidation sites excluding steroid dienone is 1. The monoisotopic (exact) mass is 387 g/mol. The minimum atomic E-state index is -0.628. The van der Waals surface area contributed by atoms with Gasteiger partial charge in [-0.2, -0.15) is 4.68 Å². The van der Waals surface area contributed by atoms with Crippen molar-refractivity contribution in [2.75, 3.05) is 5.32 Å². The predicted octanol–water partition coefficient (Wildman–Crippen LogP) is 3.45. The summed E-state index contributed by atoms with van der Waals surface area (Å²) in [5.41, 5.74) is 2.66. The molecule has 1 N–H and O–H groups in total. The normalized spacial score (nSPS) is 15.8. The standard InChI is InChI=1S/C21H17N5O3/c1-13-18(20(27)28-12-14-7-3-2-4-8-14)19(26-21(22-13)23-24-25-26)17-11-15-9-5-6-10-16(15)29-17/h2-11,19H,12H2,1H3,(H,22,23,25). The Morgan fingerprint density at radius 3 is 2.79 bits per heavy atom. The van der Waals surface area contributed by atoms with Gasteiger partial charge in [0.1, 0.15) is 24.0 Å². The van der Waals surface area contributed by atoms with Crippen LogP contribution in [0.3, 0.4) is 0 Å². The van der Waals surface area contributed by atoms with Crippen LogP contribution < -0.4 is 5.32 Å². The van der Waals surface area contributed by atoms with Crippen molar-refractivity contribution in [1.82, 2.24) is 20.2 Å². The highest BCUT2D eigenvalue weighted by molar-refractivity contribution is 5.92. The molecule has 2 aromatic heterocycles. The third-order valence-electron chi connectivity index (χ3n) is 4.86. The van der Waals surface area contributed by atoms with Crippen LogP contribution in [0.4, 0.5) is 5.95 Å². The third-order valence-corrected chi connectivity index (χ3v) is 4.86. The van der Waals surface area contributed by atoms with E-state index >= 15 is 0 Å². The maximum atomic E-state index is 13.1. The lowest BCUT2D eigenvalue weighted by Gasteiger charge is -2.25. The molecule has 2 aromatic carbocycles. The molecule has 1 atom stereocenters. The Morgan fingerprint density at radius 1 is 1.17 bits per heavy atom. The summed E-state index contributed by atoms with van der Waals surface area (Å²) < 4.78 is 13.2. The van der Waals surface area contributed by atoms with Gasteiger partial charge in [0, 0.05) is 11.1 Å². The van der Waals surface area contributed by atoms with Crippen LogP contribution in [0.5, 0.6) is 0 Å². The number of aromatic nitrogens is 4. The van der Waals surface area contributed by atoms with Crippen molar-refractivity contribution < 1.29 is 13.9 Å². The van der Waals surface area contributed by atoms with Crippen LogP contribution >= 0.6 is 0 Å². The molecular weight excluding hydrogens is 370 g/mol. The number of benzene rings is 2. The third kappa shape index (κ3) is 3.04. The number of para-hydroxylation sites is 1. The number of carbonyl (C=O) groups excluding carboxylic acids is 1. The van der Waals surface area contributed by atoms with Crippen LogP contribution in [0.2, 0.25) is 0 Å². The zero-order valence-electron chi connectivity index (χ0n) is 15.6. The average Bonchev–Trinajstić information content (AvgIpc) is 3.38. The Balaban J connectivity index is 1.53. The number of carbonyl (C=O) groups is 1. The number of esters is 1. The predicted molar refractivity (Wildman–Crippen MR) is 105 cm³/mol. The second kappa shape index (κ2) is 6.90. The summed E-state index contributed by atoms with van der Waals surface area (Å²) in [6.45, 7) is 1.97. The molecule has 144 valence electrons. The summed E-state index contributed by atoms with van der Waals surface area (Å²) >= 11 is 0. The van der Waals surface area contributed by atoms with Crippen molar-refractivity contribution in [3.63, 3.8) is 0 Å². The maximum absolute atomic E-state index is 13.1. The van der Waals surface area contributed by atoms with Crippen LogP contribution in [-0.4, -0.2) is 26.2 Å². The molecule has 0 fully saturated rings. The summed E-state index contributed by atoms with van der Waals surface area (Å²) in [5.74, 6) is 0.547. The van der Waals surface area contributed by atoms with Gasteiger partial charge in [-0.15, -0.1) is 0 Å². The van der Waals surface area contributed by atoms with E-state index in [-0.39, 0.29) is 6.61 Å². The van der Waals surface area contributed by atoms with Crippen LogP contribution in [0.25, 0.3) is 11.0 Å². The van der Waals surface area contributed by atoms with Crippen LogP contribution in [0, 0.1) is 0 Å². The van der Waals surface area contributed by atoms with E-state index in [9.17, 15) is 4.79 Å². The lowest BCUT2D eigenvalue weighted by molar-refractivity contribution is -0.140. The molecule has 8 heteroatoms. The molecule has 29 heavy (non-hydrogen) atoms. The summed E-state index contributed by atoms with van der Waals surface area (Å²) in [7, 11) is 0. The van der Waals surface area contributed by atoms with Gasteiger partial charge in [0.05, 0.1) is 5.57 Å². The second-order valence-corrected chi connectivity index (χ2v) is 6.76. The SMILES string of the molecule is CC1=C(C(=O)OCc2ccccc2)C(c2cc3ccccc3o2)n2nnnc2N1. The zero-order chi connectivity index (χ0) is 19.8. The number of furan rings is 1. The van der Waals surface area contributed by atoms with Gasteiger partial charge in [-0.05, 0) is 35.0 Å². The van der Waals surface area contributed by atoms with Gasteiger partial charge in [0.2, 0.25) is 5.95 Å². The van der Waals surface area contributed by atoms with E-state index in [4.69, 9.17) is 9.15 Å². The van der Waals surface area contributed by atoms with Gasteiger partial charge in [0.25, 0.3) is 0 Å². The number of hydrogen-bond acceptors (Lipinski definition) is 7. The van der Waals surface area contributed by atoms with E-state index in [1.165, 1.54) is 4.68 Å². The molecule has 0 saturated heterocycles. The van der Waals surface area contributed by atoms with E-state index in [2.05, 4.69) is 20.8 Å². The molecule has 0 amide bonds. The lowest BCUT2D eigenvalue weighted by atomic mass is 10.0. The molecule has 3 heterocycles. The number of fused-ring (bicyclic) bond motifs is 2. The van der Waals surface area contributed by atoms with Gasteiger partial charge < -0.3 is 14.5 Å². The van der Waals surface area contributed by atoms with E-state index < -0.39 is 12.0 Å². The topological polar surface area (TPSA) is 95.1 Å². The van der Waals surface area contributed by atoms with E-state index in [1.807, 2.05) is 60.7 Å². The number of nitrogens with zero attached hydrogens (tertiary/aromatic N) is 4. The largest absolute Gasteiger partial charge is 0.458 e. The van der Waals surface area contributed by atoms with Crippen molar-refractivity contribution >= 4 is 22.9 Å². The quantitative estimate of drug-likeness (QED) is 0.536. The molecule has 1 unspecified atom stereocenters. The first kappa shape index (κ1) is 17.2. The molecule has 1 aliphatic heterocycles. The zero-order valence-corrected chi connectivity index (χ0v) is 15.6. The molecule has 5 rings (SSSR count). The smallest absolute Gasteiger partial charge is 0.338 e. The minimum absolute atomic E-state index is 0.172. The minimum Gasteiger partial charge on any atom is -0.458 e. The second-order valence-electron chi connectivity index (χ2n) is 6.76. The summed E-state index contributed by atoms with van der Waals surface area (Å²) in [6.07, 6.45) is 0. The van der Waals surface area contributed by atoms with Gasteiger partial charge in [0.15, 0.2) is 0 Å². The Hall–Kier alpha value is -3.94. The molecule has 8 nitrogen and oxygen atoms in total. The van der Waals surface area contributed by atoms with E-state index in [1.54, 1.807) is 6.92 Å². The molecule has 0 aliphatic carbocycles. The number of rotatable bonds is 4. The Kier molecular flexibility index (Phi) is 4.09. The highest BCUT2D eigenvalue weighted by Gasteiger charge is 2.37. The summed E-state index contributed by atoms with van der Waals surface area (Å²) in [4.78, 5) is 13.1. The van der Waals surface area contributed by atoms with Gasteiger partial charge in [-0.1, -0.05) is 53.6 Å². The fraction of sp³-hybridized carbons (Fsp3) is 0.143. The van der Waals surface area contributed by atoms with E-state index in [0.29, 0.717) is 23.0 Å². The number of tetrazole rings is 1. The molecule has 4 aromatic rings. The Labute approximate surface area is 165 Å². The molecule has 0 saturated carbocycles. The first-order valence-corrected chi connectivity index (χ1v) is 9.16. The first-order chi connectivity index (χ1) is 14.2. The van der Waals surface area contributed by atoms with Gasteiger partial charge >= 0.3 is 5.97 Å². The van der Waals surface area contributed by atoms with Crippen LogP contribution in [0.1, 0.15) is 24.3 Å². The van der Waals surface area contributed by atoms with E-state index in [0.717, 1.165) is 16.5 Å². The highest BCUT2D eigenvalue weighted by atomic mass is 16.5. The van der Waals surface area contributed by atoms with Gasteiger partial charge in [-0.25, -0.2) is 4.79 Å². The number of hydrogen-bond donors (Lipinski definition) is 1. The molecule has 0 radical (unpaired) electrons. The molecule has 0 bridgehead atoms. The van der Waals surface area contributed by atoms with Crippen molar-refractivity contribution in [2.24, 2.45) is 0 Å². The van der Waals surface area contributed by atoms with Crippen LogP contribution in [0.15, 0.2) is 76.4 Å². The molecule has 1 aliphatic rings. The fourth-order valence-electron chi connectivity index (χ4n) is 3.48. The number of anilines is 1. The Bertz CT molecular complexity index is 1190. The van der Waals surface area contributed by atoms with Crippen molar-refractivity contribution in [3.05, 3.63) is 83.3 Å². The number of nitrogens with one attached hydrogen (secondary N) is 1. The molecule has 0 spiro atoms. The Morgan fingerprint density at radius 2 is 1.97 bits per heavy atom. The summed E-state index contributed by atoms with van der Waals surface area (Å²) in [6, 6.07) is 18.5.